The van der Waals surface area contributed by atoms with E-state index in [1.165, 1.54) is 0 Å². The molecule has 78 valence electrons. The highest BCUT2D eigenvalue weighted by molar-refractivity contribution is 5.86. The second kappa shape index (κ2) is 5.17. The van der Waals surface area contributed by atoms with Crippen LogP contribution in [-0.4, -0.2) is 18.9 Å². The standard InChI is InChI=1S/C12H19NO/c1-3-5-6-11(14)12(4-2)7-9-13-10-8-12/h13H,4,6-10H2,1-2H3. The van der Waals surface area contributed by atoms with E-state index in [0.717, 1.165) is 32.4 Å². The number of rotatable bonds is 3. The topological polar surface area (TPSA) is 29.1 Å². The van der Waals surface area contributed by atoms with Crippen LogP contribution in [0.5, 0.6) is 0 Å². The molecule has 14 heavy (non-hydrogen) atoms. The lowest BCUT2D eigenvalue weighted by molar-refractivity contribution is -0.129. The Morgan fingerprint density at radius 3 is 2.57 bits per heavy atom. The van der Waals surface area contributed by atoms with Crippen molar-refractivity contribution in [3.8, 4) is 11.8 Å². The third-order valence-corrected chi connectivity index (χ3v) is 3.25. The van der Waals surface area contributed by atoms with E-state index in [9.17, 15) is 4.79 Å². The summed E-state index contributed by atoms with van der Waals surface area (Å²) in [4.78, 5) is 12.0. The van der Waals surface area contributed by atoms with Gasteiger partial charge in [-0.2, -0.15) is 0 Å². The molecule has 1 saturated heterocycles. The van der Waals surface area contributed by atoms with Gasteiger partial charge in [-0.15, -0.1) is 5.92 Å². The van der Waals surface area contributed by atoms with E-state index in [1.807, 2.05) is 0 Å². The molecule has 0 aliphatic carbocycles. The molecule has 0 amide bonds. The lowest BCUT2D eigenvalue weighted by Crippen LogP contribution is -2.41. The maximum absolute atomic E-state index is 12.0. The van der Waals surface area contributed by atoms with Crippen molar-refractivity contribution in [2.24, 2.45) is 5.41 Å². The monoisotopic (exact) mass is 193 g/mol. The van der Waals surface area contributed by atoms with Crippen LogP contribution in [-0.2, 0) is 4.79 Å². The normalized spacial score (nSPS) is 19.6. The molecule has 0 radical (unpaired) electrons. The van der Waals surface area contributed by atoms with Crippen LogP contribution >= 0.6 is 0 Å². The second-order valence-corrected chi connectivity index (χ2v) is 3.91. The number of piperidine rings is 1. The molecule has 0 atom stereocenters. The van der Waals surface area contributed by atoms with Gasteiger partial charge >= 0.3 is 0 Å². The minimum Gasteiger partial charge on any atom is -0.317 e. The molecule has 1 aliphatic heterocycles. The molecule has 1 aliphatic rings. The van der Waals surface area contributed by atoms with Crippen LogP contribution in [0.1, 0.15) is 39.5 Å². The summed E-state index contributed by atoms with van der Waals surface area (Å²) < 4.78 is 0. The summed E-state index contributed by atoms with van der Waals surface area (Å²) in [5.41, 5.74) is -0.0743. The van der Waals surface area contributed by atoms with Gasteiger partial charge in [-0.25, -0.2) is 0 Å². The number of carbonyl (C=O) groups is 1. The minimum absolute atomic E-state index is 0.0743. The van der Waals surface area contributed by atoms with Gasteiger partial charge in [0.05, 0.1) is 6.42 Å². The van der Waals surface area contributed by atoms with Gasteiger partial charge in [0, 0.05) is 5.41 Å². The van der Waals surface area contributed by atoms with Gasteiger partial charge < -0.3 is 5.32 Å². The Morgan fingerprint density at radius 1 is 1.43 bits per heavy atom. The highest BCUT2D eigenvalue weighted by Crippen LogP contribution is 2.34. The number of hydrogen-bond acceptors (Lipinski definition) is 2. The number of hydrogen-bond donors (Lipinski definition) is 1. The maximum Gasteiger partial charge on any atom is 0.150 e. The summed E-state index contributed by atoms with van der Waals surface area (Å²) in [6, 6.07) is 0. The SMILES string of the molecule is CC#CCC(=O)C1(CC)CCNCC1. The molecule has 1 rings (SSSR count). The van der Waals surface area contributed by atoms with Crippen molar-refractivity contribution < 1.29 is 4.79 Å². The van der Waals surface area contributed by atoms with Crippen LogP contribution < -0.4 is 5.32 Å². The predicted octanol–water partition coefficient (Wildman–Crippen LogP) is 1.75. The number of ketones is 1. The van der Waals surface area contributed by atoms with Crippen molar-refractivity contribution in [3.05, 3.63) is 0 Å². The first-order valence-electron chi connectivity index (χ1n) is 5.39. The van der Waals surface area contributed by atoms with E-state index < -0.39 is 0 Å². The Hall–Kier alpha value is -0.810. The first kappa shape index (κ1) is 11.3. The average molecular weight is 193 g/mol. The van der Waals surface area contributed by atoms with Gasteiger partial charge in [0.2, 0.25) is 0 Å². The van der Waals surface area contributed by atoms with Crippen molar-refractivity contribution in [1.29, 1.82) is 0 Å². The van der Waals surface area contributed by atoms with E-state index in [4.69, 9.17) is 0 Å². The van der Waals surface area contributed by atoms with Gasteiger partial charge in [0.1, 0.15) is 0 Å². The predicted molar refractivity (Wildman–Crippen MR) is 57.9 cm³/mol. The highest BCUT2D eigenvalue weighted by atomic mass is 16.1. The van der Waals surface area contributed by atoms with Gasteiger partial charge in [-0.1, -0.05) is 12.8 Å². The maximum atomic E-state index is 12.0. The molecule has 0 aromatic heterocycles. The lowest BCUT2D eigenvalue weighted by Gasteiger charge is -2.34. The molecule has 2 nitrogen and oxygen atoms in total. The third-order valence-electron chi connectivity index (χ3n) is 3.25. The number of nitrogens with one attached hydrogen (secondary N) is 1. The zero-order chi connectivity index (χ0) is 10.4. The zero-order valence-corrected chi connectivity index (χ0v) is 9.15. The van der Waals surface area contributed by atoms with Gasteiger partial charge in [0.25, 0.3) is 0 Å². The summed E-state index contributed by atoms with van der Waals surface area (Å²) in [5, 5.41) is 3.30. The van der Waals surface area contributed by atoms with Gasteiger partial charge in [-0.3, -0.25) is 4.79 Å². The molecular formula is C12H19NO. The second-order valence-electron chi connectivity index (χ2n) is 3.91. The largest absolute Gasteiger partial charge is 0.317 e. The Bertz CT molecular complexity index is 253. The summed E-state index contributed by atoms with van der Waals surface area (Å²) in [7, 11) is 0. The van der Waals surface area contributed by atoms with E-state index in [2.05, 4.69) is 24.1 Å². The molecule has 2 heteroatoms. The molecule has 0 bridgehead atoms. The number of Topliss-reactive ketones (excluding diaryl/α,β-unsaturated/α-hetero) is 1. The lowest BCUT2D eigenvalue weighted by atomic mass is 9.72. The average Bonchev–Trinajstić information content (AvgIpc) is 2.26. The van der Waals surface area contributed by atoms with Crippen LogP contribution in [0.4, 0.5) is 0 Å². The minimum atomic E-state index is -0.0743. The van der Waals surface area contributed by atoms with Crippen LogP contribution in [0, 0.1) is 17.3 Å². The smallest absolute Gasteiger partial charge is 0.150 e. The zero-order valence-electron chi connectivity index (χ0n) is 9.15. The Morgan fingerprint density at radius 2 is 2.07 bits per heavy atom. The quantitative estimate of drug-likeness (QED) is 0.692. The Balaban J connectivity index is 2.65. The molecule has 1 heterocycles. The molecule has 0 saturated carbocycles. The summed E-state index contributed by atoms with van der Waals surface area (Å²) in [6.07, 6.45) is 3.35. The first-order chi connectivity index (χ1) is 6.75. The molecule has 0 unspecified atom stereocenters. The fraction of sp³-hybridized carbons (Fsp3) is 0.750. The van der Waals surface area contributed by atoms with Crippen LogP contribution in [0.3, 0.4) is 0 Å². The molecular weight excluding hydrogens is 174 g/mol. The molecule has 0 aromatic carbocycles. The fourth-order valence-electron chi connectivity index (χ4n) is 2.09. The Labute approximate surface area is 86.5 Å². The highest BCUT2D eigenvalue weighted by Gasteiger charge is 2.36. The molecule has 0 spiro atoms. The van der Waals surface area contributed by atoms with Crippen molar-refractivity contribution in [2.75, 3.05) is 13.1 Å². The first-order valence-corrected chi connectivity index (χ1v) is 5.39. The molecule has 1 fully saturated rings. The van der Waals surface area contributed by atoms with Crippen molar-refractivity contribution in [1.82, 2.24) is 5.32 Å². The van der Waals surface area contributed by atoms with Crippen molar-refractivity contribution in [3.63, 3.8) is 0 Å². The van der Waals surface area contributed by atoms with Crippen molar-refractivity contribution in [2.45, 2.75) is 39.5 Å². The summed E-state index contributed by atoms with van der Waals surface area (Å²) >= 11 is 0. The van der Waals surface area contributed by atoms with E-state index in [-0.39, 0.29) is 5.41 Å². The number of carbonyl (C=O) groups excluding carboxylic acids is 1. The van der Waals surface area contributed by atoms with E-state index in [0.29, 0.717) is 12.2 Å². The van der Waals surface area contributed by atoms with E-state index >= 15 is 0 Å². The van der Waals surface area contributed by atoms with Gasteiger partial charge in [-0.05, 0) is 39.3 Å². The summed E-state index contributed by atoms with van der Waals surface area (Å²) in [5.74, 6) is 6.02. The van der Waals surface area contributed by atoms with E-state index in [1.54, 1.807) is 6.92 Å². The van der Waals surface area contributed by atoms with Crippen molar-refractivity contribution >= 4 is 5.78 Å². The fourth-order valence-corrected chi connectivity index (χ4v) is 2.09. The molecule has 0 aromatic rings. The third kappa shape index (κ3) is 2.36. The van der Waals surface area contributed by atoms with Crippen LogP contribution in [0.2, 0.25) is 0 Å². The van der Waals surface area contributed by atoms with Crippen LogP contribution in [0.15, 0.2) is 0 Å². The van der Waals surface area contributed by atoms with Gasteiger partial charge in [0.15, 0.2) is 5.78 Å². The molecule has 1 N–H and O–H groups in total. The Kier molecular flexibility index (Phi) is 4.16. The van der Waals surface area contributed by atoms with Crippen LogP contribution in [0.25, 0.3) is 0 Å². The summed E-state index contributed by atoms with van der Waals surface area (Å²) in [6.45, 7) is 5.84.